The molecule has 1 saturated heterocycles. The van der Waals surface area contributed by atoms with Crippen molar-refractivity contribution in [3.05, 3.63) is 59.7 Å². The maximum absolute atomic E-state index is 12.8. The van der Waals surface area contributed by atoms with E-state index in [0.29, 0.717) is 35.7 Å². The Morgan fingerprint density at radius 2 is 1.85 bits per heavy atom. The van der Waals surface area contributed by atoms with Crippen LogP contribution >= 0.6 is 0 Å². The monoisotopic (exact) mass is 352 g/mol. The molecule has 0 saturated carbocycles. The second-order valence-corrected chi connectivity index (χ2v) is 6.57. The number of hydrogen-bond donors (Lipinski definition) is 0. The molecule has 2 aliphatic rings. The van der Waals surface area contributed by atoms with Crippen molar-refractivity contribution >= 4 is 11.8 Å². The van der Waals surface area contributed by atoms with Crippen LogP contribution in [-0.2, 0) is 0 Å². The predicted molar refractivity (Wildman–Crippen MR) is 95.6 cm³/mol. The lowest BCUT2D eigenvalue weighted by Gasteiger charge is -2.25. The molecule has 0 bridgehead atoms. The summed E-state index contributed by atoms with van der Waals surface area (Å²) >= 11 is 0. The number of para-hydroxylation sites is 1. The third-order valence-corrected chi connectivity index (χ3v) is 5.07. The molecule has 2 aromatic carbocycles. The molecule has 2 heterocycles. The highest BCUT2D eigenvalue weighted by atomic mass is 16.5. The summed E-state index contributed by atoms with van der Waals surface area (Å²) in [6.45, 7) is 0.896. The molecule has 2 amide bonds. The van der Waals surface area contributed by atoms with E-state index in [9.17, 15) is 9.59 Å². The van der Waals surface area contributed by atoms with Gasteiger partial charge in [0, 0.05) is 19.2 Å². The molecule has 2 unspecified atom stereocenters. The van der Waals surface area contributed by atoms with Crippen molar-refractivity contribution in [3.63, 3.8) is 0 Å². The number of carbonyl (C=O) groups is 2. The first-order valence-electron chi connectivity index (χ1n) is 8.54. The average molecular weight is 352 g/mol. The zero-order valence-electron chi connectivity index (χ0n) is 14.7. The number of benzene rings is 2. The van der Waals surface area contributed by atoms with Gasteiger partial charge in [0.25, 0.3) is 11.8 Å². The highest BCUT2D eigenvalue weighted by Crippen LogP contribution is 2.31. The first kappa shape index (κ1) is 16.4. The lowest BCUT2D eigenvalue weighted by Crippen LogP contribution is -2.44. The molecule has 0 aliphatic carbocycles. The molecule has 2 aromatic rings. The third-order valence-electron chi connectivity index (χ3n) is 5.07. The lowest BCUT2D eigenvalue weighted by molar-refractivity contribution is 0.0674. The normalized spacial score (nSPS) is 21.5. The maximum Gasteiger partial charge on any atom is 0.257 e. The summed E-state index contributed by atoms with van der Waals surface area (Å²) in [5, 5.41) is 0. The second kappa shape index (κ2) is 6.37. The Hall–Kier alpha value is -3.02. The summed E-state index contributed by atoms with van der Waals surface area (Å²) in [4.78, 5) is 29.0. The van der Waals surface area contributed by atoms with Gasteiger partial charge in [0.15, 0.2) is 0 Å². The van der Waals surface area contributed by atoms with E-state index in [2.05, 4.69) is 0 Å². The van der Waals surface area contributed by atoms with Crippen molar-refractivity contribution in [2.45, 2.75) is 12.1 Å². The first-order chi connectivity index (χ1) is 12.6. The van der Waals surface area contributed by atoms with E-state index < -0.39 is 0 Å². The van der Waals surface area contributed by atoms with Crippen LogP contribution in [0.25, 0.3) is 0 Å². The zero-order chi connectivity index (χ0) is 18.3. The van der Waals surface area contributed by atoms with E-state index in [1.54, 1.807) is 60.4 Å². The van der Waals surface area contributed by atoms with Crippen LogP contribution in [0.1, 0.15) is 20.7 Å². The van der Waals surface area contributed by atoms with Gasteiger partial charge in [-0.2, -0.15) is 0 Å². The summed E-state index contributed by atoms with van der Waals surface area (Å²) < 4.78 is 11.2. The summed E-state index contributed by atoms with van der Waals surface area (Å²) in [5.41, 5.74) is 1.16. The van der Waals surface area contributed by atoms with Gasteiger partial charge in [-0.15, -0.1) is 0 Å². The number of carbonyl (C=O) groups excluding carboxylic acids is 2. The number of amides is 2. The molecule has 134 valence electrons. The molecule has 6 heteroatoms. The number of likely N-dealkylation sites (tertiary alicyclic amines) is 1. The molecular weight excluding hydrogens is 332 g/mol. The zero-order valence-corrected chi connectivity index (χ0v) is 14.7. The van der Waals surface area contributed by atoms with Crippen LogP contribution in [0.4, 0.5) is 0 Å². The SMILES string of the molecule is COc1ccc(C(=O)N2CC3Oc4ccccc4C(=O)N(C)C3C2)cc1. The number of methoxy groups -OCH3 is 1. The summed E-state index contributed by atoms with van der Waals surface area (Å²) in [6.07, 6.45) is -0.241. The van der Waals surface area contributed by atoms with E-state index in [1.807, 2.05) is 12.1 Å². The van der Waals surface area contributed by atoms with Gasteiger partial charge >= 0.3 is 0 Å². The van der Waals surface area contributed by atoms with Crippen molar-refractivity contribution in [1.29, 1.82) is 0 Å². The van der Waals surface area contributed by atoms with Crippen LogP contribution in [0, 0.1) is 0 Å². The minimum Gasteiger partial charge on any atom is -0.497 e. The smallest absolute Gasteiger partial charge is 0.257 e. The van der Waals surface area contributed by atoms with Gasteiger partial charge in [0.1, 0.15) is 17.6 Å². The minimum absolute atomic E-state index is 0.0709. The largest absolute Gasteiger partial charge is 0.497 e. The maximum atomic E-state index is 12.8. The lowest BCUT2D eigenvalue weighted by atomic mass is 10.1. The van der Waals surface area contributed by atoms with Gasteiger partial charge in [-0.3, -0.25) is 9.59 Å². The average Bonchev–Trinajstić information content (AvgIpc) is 3.06. The van der Waals surface area contributed by atoms with Crippen LogP contribution in [0.3, 0.4) is 0 Å². The molecule has 1 fully saturated rings. The fourth-order valence-electron chi connectivity index (χ4n) is 3.58. The fourth-order valence-corrected chi connectivity index (χ4v) is 3.58. The van der Waals surface area contributed by atoms with E-state index in [0.717, 1.165) is 0 Å². The molecule has 0 aromatic heterocycles. The summed E-state index contributed by atoms with van der Waals surface area (Å²) in [7, 11) is 3.36. The third kappa shape index (κ3) is 2.67. The van der Waals surface area contributed by atoms with Crippen LogP contribution in [-0.4, -0.2) is 61.0 Å². The fraction of sp³-hybridized carbons (Fsp3) is 0.300. The van der Waals surface area contributed by atoms with Crippen molar-refractivity contribution in [2.24, 2.45) is 0 Å². The van der Waals surface area contributed by atoms with E-state index in [1.165, 1.54) is 0 Å². The van der Waals surface area contributed by atoms with E-state index >= 15 is 0 Å². The van der Waals surface area contributed by atoms with Crippen LogP contribution in [0.5, 0.6) is 11.5 Å². The number of likely N-dealkylation sites (N-methyl/N-ethyl adjacent to an activating group) is 1. The molecule has 2 aliphatic heterocycles. The molecule has 2 atom stereocenters. The van der Waals surface area contributed by atoms with Crippen molar-refractivity contribution < 1.29 is 19.1 Å². The molecule has 26 heavy (non-hydrogen) atoms. The molecule has 6 nitrogen and oxygen atoms in total. The van der Waals surface area contributed by atoms with Gasteiger partial charge in [0.2, 0.25) is 0 Å². The highest BCUT2D eigenvalue weighted by Gasteiger charge is 2.43. The van der Waals surface area contributed by atoms with Gasteiger partial charge in [-0.25, -0.2) is 0 Å². The van der Waals surface area contributed by atoms with Gasteiger partial charge in [-0.1, -0.05) is 12.1 Å². The number of ether oxygens (including phenoxy) is 2. The van der Waals surface area contributed by atoms with E-state index in [4.69, 9.17) is 9.47 Å². The highest BCUT2D eigenvalue weighted by molar-refractivity contribution is 5.98. The minimum atomic E-state index is -0.241. The van der Waals surface area contributed by atoms with Gasteiger partial charge < -0.3 is 19.3 Å². The second-order valence-electron chi connectivity index (χ2n) is 6.57. The topological polar surface area (TPSA) is 59.1 Å². The number of hydrogen-bond acceptors (Lipinski definition) is 4. The Morgan fingerprint density at radius 3 is 2.58 bits per heavy atom. The van der Waals surface area contributed by atoms with Gasteiger partial charge in [-0.05, 0) is 36.4 Å². The standard InChI is InChI=1S/C20H20N2O4/c1-21-16-11-22(19(23)13-7-9-14(25-2)10-8-13)12-18(16)26-17-6-4-3-5-15(17)20(21)24/h3-10,16,18H,11-12H2,1-2H3. The van der Waals surface area contributed by atoms with Crippen molar-refractivity contribution in [3.8, 4) is 11.5 Å². The Kier molecular flexibility index (Phi) is 4.03. The van der Waals surface area contributed by atoms with Crippen molar-refractivity contribution in [1.82, 2.24) is 9.80 Å². The Bertz CT molecular complexity index is 849. The summed E-state index contributed by atoms with van der Waals surface area (Å²) in [5.74, 6) is 1.14. The molecular formula is C20H20N2O4. The predicted octanol–water partition coefficient (Wildman–Crippen LogP) is 2.05. The molecule has 0 spiro atoms. The van der Waals surface area contributed by atoms with Crippen LogP contribution < -0.4 is 9.47 Å². The summed E-state index contributed by atoms with van der Waals surface area (Å²) in [6, 6.07) is 14.1. The number of fused-ring (bicyclic) bond motifs is 2. The molecule has 0 N–H and O–H groups in total. The first-order valence-corrected chi connectivity index (χ1v) is 8.54. The van der Waals surface area contributed by atoms with Gasteiger partial charge in [0.05, 0.1) is 25.3 Å². The number of rotatable bonds is 2. The number of nitrogens with zero attached hydrogens (tertiary/aromatic N) is 2. The Balaban J connectivity index is 1.57. The van der Waals surface area contributed by atoms with Crippen LogP contribution in [0.15, 0.2) is 48.5 Å². The van der Waals surface area contributed by atoms with E-state index in [-0.39, 0.29) is 24.0 Å². The molecule has 4 rings (SSSR count). The quantitative estimate of drug-likeness (QED) is 0.830. The Labute approximate surface area is 151 Å². The molecule has 0 radical (unpaired) electrons. The Morgan fingerprint density at radius 1 is 1.12 bits per heavy atom. The van der Waals surface area contributed by atoms with Crippen molar-refractivity contribution in [2.75, 3.05) is 27.2 Å². The van der Waals surface area contributed by atoms with Crippen LogP contribution in [0.2, 0.25) is 0 Å².